The minimum absolute atomic E-state index is 0.498. The fourth-order valence-electron chi connectivity index (χ4n) is 3.76. The zero-order chi connectivity index (χ0) is 22.7. The van der Waals surface area contributed by atoms with Crippen LogP contribution in [0.1, 0.15) is 33.6 Å². The first-order valence-corrected chi connectivity index (χ1v) is 10.5. The van der Waals surface area contributed by atoms with E-state index in [0.29, 0.717) is 5.56 Å². The number of aromatic nitrogens is 3. The maximum absolute atomic E-state index is 9.73. The van der Waals surface area contributed by atoms with Crippen LogP contribution >= 0.6 is 0 Å². The van der Waals surface area contributed by atoms with Gasteiger partial charge in [0.25, 0.3) is 0 Å². The van der Waals surface area contributed by atoms with Crippen molar-refractivity contribution in [1.82, 2.24) is 19.9 Å². The lowest BCUT2D eigenvalue weighted by molar-refractivity contribution is 0.402. The molecule has 4 aromatic rings. The van der Waals surface area contributed by atoms with Gasteiger partial charge in [0.1, 0.15) is 6.07 Å². The van der Waals surface area contributed by atoms with Gasteiger partial charge in [-0.25, -0.2) is 0 Å². The number of anilines is 2. The topological polar surface area (TPSA) is 80.6 Å². The second-order valence-corrected chi connectivity index (χ2v) is 8.12. The Bertz CT molecular complexity index is 1320. The number of nitrogens with zero attached hydrogens (tertiary/aromatic N) is 4. The van der Waals surface area contributed by atoms with E-state index >= 15 is 0 Å². The molecule has 1 aromatic carbocycles. The molecule has 32 heavy (non-hydrogen) atoms. The van der Waals surface area contributed by atoms with Crippen molar-refractivity contribution in [1.29, 1.82) is 5.26 Å². The lowest BCUT2D eigenvalue weighted by atomic mass is 10.0. The maximum atomic E-state index is 9.73. The predicted octanol–water partition coefficient (Wildman–Crippen LogP) is 5.42. The second-order valence-electron chi connectivity index (χ2n) is 8.12. The van der Waals surface area contributed by atoms with Gasteiger partial charge in [-0.1, -0.05) is 6.07 Å². The Hall–Kier alpha value is -3.95. The molecule has 0 unspecified atom stereocenters. The van der Waals surface area contributed by atoms with Crippen molar-refractivity contribution in [3.05, 3.63) is 82.6 Å². The van der Waals surface area contributed by atoms with Crippen LogP contribution in [0.25, 0.3) is 23.1 Å². The van der Waals surface area contributed by atoms with Crippen molar-refractivity contribution in [3.63, 3.8) is 0 Å². The van der Waals surface area contributed by atoms with Gasteiger partial charge in [-0.2, -0.15) is 5.26 Å². The molecule has 3 heterocycles. The van der Waals surface area contributed by atoms with Crippen molar-refractivity contribution >= 4 is 34.4 Å². The van der Waals surface area contributed by atoms with Crippen molar-refractivity contribution in [2.24, 2.45) is 0 Å². The van der Waals surface area contributed by atoms with Gasteiger partial charge in [0.15, 0.2) is 0 Å². The third kappa shape index (κ3) is 4.39. The molecule has 0 spiro atoms. The Morgan fingerprint density at radius 2 is 1.91 bits per heavy atom. The Kier molecular flexibility index (Phi) is 6.02. The fourth-order valence-corrected chi connectivity index (χ4v) is 3.76. The molecule has 6 nitrogen and oxygen atoms in total. The number of nitriles is 1. The van der Waals surface area contributed by atoms with Gasteiger partial charge in [0.05, 0.1) is 16.9 Å². The number of hydrogen-bond donors (Lipinski definition) is 2. The number of rotatable bonds is 6. The molecule has 3 aromatic heterocycles. The van der Waals surface area contributed by atoms with Crippen LogP contribution in [0, 0.1) is 25.2 Å². The minimum Gasteiger partial charge on any atom is -0.361 e. The van der Waals surface area contributed by atoms with Crippen LogP contribution in [0.15, 0.2) is 48.9 Å². The van der Waals surface area contributed by atoms with E-state index in [9.17, 15) is 5.26 Å². The van der Waals surface area contributed by atoms with Crippen LogP contribution in [0.4, 0.5) is 11.4 Å². The van der Waals surface area contributed by atoms with Gasteiger partial charge in [0.2, 0.25) is 0 Å². The Labute approximate surface area is 188 Å². The van der Waals surface area contributed by atoms with E-state index in [2.05, 4.69) is 50.3 Å². The summed E-state index contributed by atoms with van der Waals surface area (Å²) in [4.78, 5) is 14.3. The highest BCUT2D eigenvalue weighted by atomic mass is 15.0. The summed E-state index contributed by atoms with van der Waals surface area (Å²) in [5, 5.41) is 14.4. The van der Waals surface area contributed by atoms with Crippen LogP contribution < -0.4 is 5.32 Å². The van der Waals surface area contributed by atoms with Gasteiger partial charge in [-0.05, 0) is 75.5 Å². The quantitative estimate of drug-likeness (QED) is 0.433. The summed E-state index contributed by atoms with van der Waals surface area (Å²) in [6.07, 6.45) is 9.38. The molecule has 0 aliphatic heterocycles. The first-order chi connectivity index (χ1) is 15.5. The Morgan fingerprint density at radius 1 is 1.06 bits per heavy atom. The van der Waals surface area contributed by atoms with Crippen LogP contribution in [0.5, 0.6) is 0 Å². The molecule has 0 saturated heterocycles. The Balaban J connectivity index is 1.70. The number of fused-ring (bicyclic) bond motifs is 1. The monoisotopic (exact) mass is 422 g/mol. The van der Waals surface area contributed by atoms with E-state index in [0.717, 1.165) is 56.9 Å². The van der Waals surface area contributed by atoms with Crippen LogP contribution in [0.2, 0.25) is 0 Å². The summed E-state index contributed by atoms with van der Waals surface area (Å²) < 4.78 is 0. The lowest BCUT2D eigenvalue weighted by Crippen LogP contribution is -2.10. The van der Waals surface area contributed by atoms with E-state index in [-0.39, 0.29) is 0 Å². The maximum Gasteiger partial charge on any atom is 0.103 e. The van der Waals surface area contributed by atoms with Gasteiger partial charge < -0.3 is 15.2 Å². The smallest absolute Gasteiger partial charge is 0.103 e. The van der Waals surface area contributed by atoms with Crippen LogP contribution in [0.3, 0.4) is 0 Å². The number of aryl methyl sites for hydroxylation is 2. The molecule has 160 valence electrons. The molecule has 4 rings (SSSR count). The molecule has 0 fully saturated rings. The normalized spacial score (nSPS) is 11.4. The molecule has 0 radical (unpaired) electrons. The van der Waals surface area contributed by atoms with Gasteiger partial charge >= 0.3 is 0 Å². The second kappa shape index (κ2) is 9.04. The highest BCUT2D eigenvalue weighted by Crippen LogP contribution is 2.32. The molecular weight excluding hydrogens is 396 g/mol. The number of hydrogen-bond acceptors (Lipinski definition) is 5. The van der Waals surface area contributed by atoms with E-state index < -0.39 is 0 Å². The molecular formula is C26H26N6. The molecule has 0 aliphatic carbocycles. The third-order valence-electron chi connectivity index (χ3n) is 5.47. The van der Waals surface area contributed by atoms with E-state index in [4.69, 9.17) is 0 Å². The van der Waals surface area contributed by atoms with Gasteiger partial charge in [0, 0.05) is 53.0 Å². The number of H-pyrrole nitrogens is 1. The Morgan fingerprint density at radius 3 is 2.62 bits per heavy atom. The predicted molar refractivity (Wildman–Crippen MR) is 131 cm³/mol. The summed E-state index contributed by atoms with van der Waals surface area (Å²) in [5.41, 5.74) is 8.14. The number of benzene rings is 1. The zero-order valence-electron chi connectivity index (χ0n) is 18.8. The molecule has 0 aliphatic rings. The average molecular weight is 423 g/mol. The zero-order valence-corrected chi connectivity index (χ0v) is 18.8. The van der Waals surface area contributed by atoms with E-state index in [1.54, 1.807) is 6.20 Å². The van der Waals surface area contributed by atoms with Crippen LogP contribution in [-0.4, -0.2) is 33.9 Å². The SMILES string of the molecule is Cc1ncc(C#N)c(Nc2ccc3[nH]ccc3c2C)c1C=Cc1ccc(CN(C)C)cn1. The van der Waals surface area contributed by atoms with E-state index in [1.807, 2.05) is 63.8 Å². The standard InChI is InChI=1S/C26H26N6/c1-17-22-11-12-28-25(22)10-9-24(17)31-26-20(13-27)15-29-18(2)23(26)8-7-21-6-5-19(14-30-21)16-32(3)4/h5-12,14-15,28H,16H2,1-4H3,(H,29,31). The fraction of sp³-hybridized carbons (Fsp3) is 0.192. The molecule has 2 N–H and O–H groups in total. The number of nitrogens with one attached hydrogen (secondary N) is 2. The van der Waals surface area contributed by atoms with Gasteiger partial charge in [-0.3, -0.25) is 9.97 Å². The molecule has 0 bridgehead atoms. The lowest BCUT2D eigenvalue weighted by Gasteiger charge is -2.16. The number of pyridine rings is 2. The molecule has 0 saturated carbocycles. The summed E-state index contributed by atoms with van der Waals surface area (Å²) >= 11 is 0. The van der Waals surface area contributed by atoms with Crippen molar-refractivity contribution in [2.75, 3.05) is 19.4 Å². The summed E-state index contributed by atoms with van der Waals surface area (Å²) in [6.45, 7) is 4.87. The largest absolute Gasteiger partial charge is 0.361 e. The van der Waals surface area contributed by atoms with Crippen LogP contribution in [-0.2, 0) is 6.54 Å². The molecule has 6 heteroatoms. The summed E-state index contributed by atoms with van der Waals surface area (Å²) in [5.74, 6) is 0. The summed E-state index contributed by atoms with van der Waals surface area (Å²) in [7, 11) is 4.08. The van der Waals surface area contributed by atoms with Crippen molar-refractivity contribution in [2.45, 2.75) is 20.4 Å². The van der Waals surface area contributed by atoms with Crippen molar-refractivity contribution in [3.8, 4) is 6.07 Å². The minimum atomic E-state index is 0.498. The highest BCUT2D eigenvalue weighted by molar-refractivity contribution is 5.90. The summed E-state index contributed by atoms with van der Waals surface area (Å²) in [6, 6.07) is 12.5. The first-order valence-electron chi connectivity index (χ1n) is 10.5. The number of aromatic amines is 1. The average Bonchev–Trinajstić information content (AvgIpc) is 3.26. The molecule has 0 amide bonds. The third-order valence-corrected chi connectivity index (χ3v) is 5.47. The van der Waals surface area contributed by atoms with Gasteiger partial charge in [-0.15, -0.1) is 0 Å². The van der Waals surface area contributed by atoms with Crippen molar-refractivity contribution < 1.29 is 0 Å². The van der Waals surface area contributed by atoms with E-state index in [1.165, 1.54) is 0 Å². The molecule has 0 atom stereocenters. The highest BCUT2D eigenvalue weighted by Gasteiger charge is 2.13. The first kappa shape index (κ1) is 21.3.